The van der Waals surface area contributed by atoms with Crippen LogP contribution in [-0.4, -0.2) is 6.04 Å². The molecule has 0 spiro atoms. The van der Waals surface area contributed by atoms with Crippen LogP contribution in [0.1, 0.15) is 6.42 Å². The third-order valence-electron chi connectivity index (χ3n) is 3.43. The second kappa shape index (κ2) is 6.10. The summed E-state index contributed by atoms with van der Waals surface area (Å²) in [5.41, 5.74) is 2.43. The van der Waals surface area contributed by atoms with E-state index in [1.807, 2.05) is 0 Å². The van der Waals surface area contributed by atoms with Crippen molar-refractivity contribution in [2.24, 2.45) is 0 Å². The molecule has 0 amide bonds. The first-order chi connectivity index (χ1) is 9.84. The van der Waals surface area contributed by atoms with Crippen molar-refractivity contribution in [2.45, 2.75) is 12.5 Å². The van der Waals surface area contributed by atoms with Gasteiger partial charge in [0.15, 0.2) is 0 Å². The van der Waals surface area contributed by atoms with Gasteiger partial charge in [-0.3, -0.25) is 0 Å². The number of nitrogens with zero attached hydrogens (tertiary/aromatic N) is 1. The Morgan fingerprint density at radius 1 is 0.850 bits per heavy atom. The van der Waals surface area contributed by atoms with Gasteiger partial charge in [-0.15, -0.1) is 0 Å². The molecule has 0 bridgehead atoms. The standard InChI is InChI=1S/C18H16BrN/c19-15-11-13-18(14-12-15)20(16-7-3-1-4-8-16)17-9-5-2-6-10-17/h1-9,11-14,17H,10H2/t17-/m0/s1. The highest BCUT2D eigenvalue weighted by molar-refractivity contribution is 9.10. The summed E-state index contributed by atoms with van der Waals surface area (Å²) in [6.07, 6.45) is 9.75. The second-order valence-electron chi connectivity index (χ2n) is 4.80. The maximum Gasteiger partial charge on any atom is 0.0559 e. The number of para-hydroxylation sites is 1. The van der Waals surface area contributed by atoms with Gasteiger partial charge in [-0.2, -0.15) is 0 Å². The summed E-state index contributed by atoms with van der Waals surface area (Å²) in [5, 5.41) is 0. The average Bonchev–Trinajstić information content (AvgIpc) is 2.52. The lowest BCUT2D eigenvalue weighted by molar-refractivity contribution is 0.785. The molecule has 0 aromatic heterocycles. The van der Waals surface area contributed by atoms with Gasteiger partial charge in [-0.05, 0) is 42.8 Å². The van der Waals surface area contributed by atoms with E-state index in [-0.39, 0.29) is 0 Å². The molecule has 1 aliphatic carbocycles. The van der Waals surface area contributed by atoms with Crippen LogP contribution < -0.4 is 4.90 Å². The summed E-state index contributed by atoms with van der Waals surface area (Å²) in [6, 6.07) is 19.4. The zero-order chi connectivity index (χ0) is 13.8. The zero-order valence-corrected chi connectivity index (χ0v) is 12.7. The van der Waals surface area contributed by atoms with Gasteiger partial charge in [0.1, 0.15) is 0 Å². The van der Waals surface area contributed by atoms with Crippen LogP contribution >= 0.6 is 15.9 Å². The lowest BCUT2D eigenvalue weighted by Gasteiger charge is -2.32. The lowest BCUT2D eigenvalue weighted by atomic mass is 10.0. The molecule has 0 fully saturated rings. The monoisotopic (exact) mass is 325 g/mol. The molecule has 1 atom stereocenters. The largest absolute Gasteiger partial charge is 0.334 e. The van der Waals surface area contributed by atoms with Crippen LogP contribution in [0.25, 0.3) is 0 Å². The first-order valence-electron chi connectivity index (χ1n) is 6.78. The van der Waals surface area contributed by atoms with Crippen molar-refractivity contribution in [1.82, 2.24) is 0 Å². The Bertz CT molecular complexity index is 614. The van der Waals surface area contributed by atoms with E-state index in [0.717, 1.165) is 10.9 Å². The number of hydrogen-bond acceptors (Lipinski definition) is 1. The number of halogens is 1. The van der Waals surface area contributed by atoms with E-state index in [1.54, 1.807) is 0 Å². The van der Waals surface area contributed by atoms with Crippen molar-refractivity contribution < 1.29 is 0 Å². The predicted molar refractivity (Wildman–Crippen MR) is 89.4 cm³/mol. The maximum atomic E-state index is 3.50. The van der Waals surface area contributed by atoms with Gasteiger partial charge in [0, 0.05) is 15.8 Å². The highest BCUT2D eigenvalue weighted by Crippen LogP contribution is 2.31. The fourth-order valence-corrected chi connectivity index (χ4v) is 2.75. The number of rotatable bonds is 3. The van der Waals surface area contributed by atoms with Crippen molar-refractivity contribution in [1.29, 1.82) is 0 Å². The molecule has 0 N–H and O–H groups in total. The Labute approximate surface area is 128 Å². The van der Waals surface area contributed by atoms with Gasteiger partial charge in [-0.25, -0.2) is 0 Å². The van der Waals surface area contributed by atoms with E-state index in [0.29, 0.717) is 6.04 Å². The third kappa shape index (κ3) is 2.86. The van der Waals surface area contributed by atoms with Gasteiger partial charge in [0.2, 0.25) is 0 Å². The number of allylic oxidation sites excluding steroid dienone is 2. The molecule has 3 rings (SSSR count). The minimum absolute atomic E-state index is 0.364. The summed E-state index contributed by atoms with van der Waals surface area (Å²) in [7, 11) is 0. The second-order valence-corrected chi connectivity index (χ2v) is 5.71. The van der Waals surface area contributed by atoms with E-state index in [1.165, 1.54) is 11.4 Å². The average molecular weight is 326 g/mol. The maximum absolute atomic E-state index is 3.50. The Kier molecular flexibility index (Phi) is 4.03. The molecular weight excluding hydrogens is 310 g/mol. The van der Waals surface area contributed by atoms with Crippen molar-refractivity contribution in [3.05, 3.63) is 83.4 Å². The molecule has 0 unspecified atom stereocenters. The highest BCUT2D eigenvalue weighted by Gasteiger charge is 2.18. The molecule has 0 saturated heterocycles. The quantitative estimate of drug-likeness (QED) is 0.723. The summed E-state index contributed by atoms with van der Waals surface area (Å²) in [6.45, 7) is 0. The fourth-order valence-electron chi connectivity index (χ4n) is 2.48. The highest BCUT2D eigenvalue weighted by atomic mass is 79.9. The van der Waals surface area contributed by atoms with Gasteiger partial charge in [0.05, 0.1) is 6.04 Å². The molecule has 1 aliphatic rings. The molecule has 0 heterocycles. The summed E-state index contributed by atoms with van der Waals surface area (Å²) in [4.78, 5) is 2.38. The molecule has 20 heavy (non-hydrogen) atoms. The van der Waals surface area contributed by atoms with Crippen LogP contribution in [0.3, 0.4) is 0 Å². The van der Waals surface area contributed by atoms with Gasteiger partial charge < -0.3 is 4.90 Å². The van der Waals surface area contributed by atoms with E-state index in [9.17, 15) is 0 Å². The van der Waals surface area contributed by atoms with Crippen LogP contribution in [0.4, 0.5) is 11.4 Å². The Hall–Kier alpha value is -1.80. The Morgan fingerprint density at radius 3 is 2.20 bits per heavy atom. The van der Waals surface area contributed by atoms with Crippen molar-refractivity contribution in [2.75, 3.05) is 4.90 Å². The van der Waals surface area contributed by atoms with Gasteiger partial charge >= 0.3 is 0 Å². The van der Waals surface area contributed by atoms with Crippen molar-refractivity contribution in [3.63, 3.8) is 0 Å². The van der Waals surface area contributed by atoms with Crippen LogP contribution in [0.15, 0.2) is 83.4 Å². The number of hydrogen-bond donors (Lipinski definition) is 0. The van der Waals surface area contributed by atoms with E-state index in [4.69, 9.17) is 0 Å². The first-order valence-corrected chi connectivity index (χ1v) is 7.57. The van der Waals surface area contributed by atoms with Gasteiger partial charge in [-0.1, -0.05) is 58.4 Å². The topological polar surface area (TPSA) is 3.24 Å². The fraction of sp³-hybridized carbons (Fsp3) is 0.111. The molecule has 0 radical (unpaired) electrons. The smallest absolute Gasteiger partial charge is 0.0559 e. The molecule has 100 valence electrons. The summed E-state index contributed by atoms with van der Waals surface area (Å²) in [5.74, 6) is 0. The molecule has 2 heteroatoms. The minimum atomic E-state index is 0.364. The number of anilines is 2. The molecule has 2 aromatic carbocycles. The SMILES string of the molecule is Brc1ccc(N(c2ccccc2)[C@H]2C=CC=CC2)cc1. The molecule has 0 aliphatic heterocycles. The molecular formula is C18H16BrN. The Morgan fingerprint density at radius 2 is 1.55 bits per heavy atom. The predicted octanol–water partition coefficient (Wildman–Crippen LogP) is 5.47. The van der Waals surface area contributed by atoms with Crippen LogP contribution in [0, 0.1) is 0 Å². The van der Waals surface area contributed by atoms with Crippen molar-refractivity contribution in [3.8, 4) is 0 Å². The molecule has 0 saturated carbocycles. The normalized spacial score (nSPS) is 17.1. The van der Waals surface area contributed by atoms with E-state index >= 15 is 0 Å². The summed E-state index contributed by atoms with van der Waals surface area (Å²) < 4.78 is 1.10. The number of benzene rings is 2. The summed E-state index contributed by atoms with van der Waals surface area (Å²) >= 11 is 3.50. The van der Waals surface area contributed by atoms with Crippen LogP contribution in [0.5, 0.6) is 0 Å². The van der Waals surface area contributed by atoms with Gasteiger partial charge in [0.25, 0.3) is 0 Å². The van der Waals surface area contributed by atoms with Crippen LogP contribution in [0.2, 0.25) is 0 Å². The van der Waals surface area contributed by atoms with Crippen LogP contribution in [-0.2, 0) is 0 Å². The molecule has 2 aromatic rings. The zero-order valence-electron chi connectivity index (χ0n) is 11.1. The lowest BCUT2D eigenvalue weighted by Crippen LogP contribution is -2.29. The minimum Gasteiger partial charge on any atom is -0.334 e. The third-order valence-corrected chi connectivity index (χ3v) is 3.96. The first kappa shape index (κ1) is 13.2. The van der Waals surface area contributed by atoms with E-state index in [2.05, 4.69) is 99.7 Å². The van der Waals surface area contributed by atoms with Crippen molar-refractivity contribution >= 4 is 27.3 Å². The molecule has 1 nitrogen and oxygen atoms in total. The Balaban J connectivity index is 2.01. The van der Waals surface area contributed by atoms with E-state index < -0.39 is 0 Å².